The summed E-state index contributed by atoms with van der Waals surface area (Å²) in [6.07, 6.45) is 10.0. The Morgan fingerprint density at radius 1 is 1.36 bits per heavy atom. The van der Waals surface area contributed by atoms with Crippen molar-refractivity contribution in [3.05, 3.63) is 12.7 Å². The molecule has 1 nitrogen and oxygen atoms in total. The van der Waals surface area contributed by atoms with Crippen LogP contribution in [0.2, 0.25) is 0 Å². The van der Waals surface area contributed by atoms with Crippen LogP contribution in [-0.4, -0.2) is 6.54 Å². The van der Waals surface area contributed by atoms with Crippen molar-refractivity contribution in [3.8, 4) is 0 Å². The van der Waals surface area contributed by atoms with Crippen LogP contribution in [0, 0.1) is 5.41 Å². The molecule has 1 aliphatic rings. The Hall–Kier alpha value is -0.300. The second-order valence-electron chi connectivity index (χ2n) is 3.67. The number of hydrogen-bond donors (Lipinski definition) is 1. The van der Waals surface area contributed by atoms with E-state index in [1.807, 2.05) is 0 Å². The summed E-state index contributed by atoms with van der Waals surface area (Å²) in [6.45, 7) is 4.76. The SMILES string of the molecule is C=CC1(CCCN)CCCC1. The van der Waals surface area contributed by atoms with Crippen molar-refractivity contribution in [1.29, 1.82) is 0 Å². The first-order valence-electron chi connectivity index (χ1n) is 4.67. The molecule has 1 saturated carbocycles. The first-order valence-corrected chi connectivity index (χ1v) is 4.67. The molecule has 0 aromatic rings. The fourth-order valence-corrected chi connectivity index (χ4v) is 2.09. The minimum Gasteiger partial charge on any atom is -0.330 e. The van der Waals surface area contributed by atoms with Gasteiger partial charge in [0, 0.05) is 0 Å². The van der Waals surface area contributed by atoms with Crippen LogP contribution in [0.1, 0.15) is 38.5 Å². The normalized spacial score (nSPS) is 21.9. The molecule has 0 saturated heterocycles. The van der Waals surface area contributed by atoms with Crippen molar-refractivity contribution >= 4 is 0 Å². The van der Waals surface area contributed by atoms with Crippen LogP contribution < -0.4 is 5.73 Å². The summed E-state index contributed by atoms with van der Waals surface area (Å²) in [5.41, 5.74) is 5.96. The summed E-state index contributed by atoms with van der Waals surface area (Å²) in [6, 6.07) is 0. The zero-order valence-electron chi connectivity index (χ0n) is 7.31. The third kappa shape index (κ3) is 2.06. The zero-order chi connectivity index (χ0) is 8.16. The molecule has 11 heavy (non-hydrogen) atoms. The van der Waals surface area contributed by atoms with Crippen molar-refractivity contribution < 1.29 is 0 Å². The fourth-order valence-electron chi connectivity index (χ4n) is 2.09. The van der Waals surface area contributed by atoms with Crippen LogP contribution in [0.4, 0.5) is 0 Å². The molecule has 0 atom stereocenters. The summed E-state index contributed by atoms with van der Waals surface area (Å²) in [5, 5.41) is 0. The van der Waals surface area contributed by atoms with Gasteiger partial charge in [0.15, 0.2) is 0 Å². The van der Waals surface area contributed by atoms with E-state index in [0.29, 0.717) is 5.41 Å². The molecule has 0 bridgehead atoms. The third-order valence-electron chi connectivity index (χ3n) is 2.91. The number of allylic oxidation sites excluding steroid dienone is 1. The molecule has 64 valence electrons. The average molecular weight is 153 g/mol. The Balaban J connectivity index is 2.39. The van der Waals surface area contributed by atoms with Gasteiger partial charge in [-0.25, -0.2) is 0 Å². The van der Waals surface area contributed by atoms with Crippen LogP contribution >= 0.6 is 0 Å². The first kappa shape index (κ1) is 8.79. The monoisotopic (exact) mass is 153 g/mol. The van der Waals surface area contributed by atoms with E-state index < -0.39 is 0 Å². The Labute approximate surface area is 69.7 Å². The van der Waals surface area contributed by atoms with Gasteiger partial charge in [0.2, 0.25) is 0 Å². The Kier molecular flexibility index (Phi) is 3.13. The van der Waals surface area contributed by atoms with Crippen LogP contribution in [0.15, 0.2) is 12.7 Å². The topological polar surface area (TPSA) is 26.0 Å². The Bertz CT molecular complexity index is 123. The molecule has 0 aromatic carbocycles. The van der Waals surface area contributed by atoms with E-state index in [0.717, 1.165) is 13.0 Å². The summed E-state index contributed by atoms with van der Waals surface area (Å²) >= 11 is 0. The first-order chi connectivity index (χ1) is 5.33. The van der Waals surface area contributed by atoms with Gasteiger partial charge >= 0.3 is 0 Å². The third-order valence-corrected chi connectivity index (χ3v) is 2.91. The number of rotatable bonds is 4. The van der Waals surface area contributed by atoms with Crippen LogP contribution in [0.3, 0.4) is 0 Å². The molecule has 0 radical (unpaired) electrons. The number of nitrogens with two attached hydrogens (primary N) is 1. The number of hydrogen-bond acceptors (Lipinski definition) is 1. The second kappa shape index (κ2) is 3.91. The van der Waals surface area contributed by atoms with E-state index in [4.69, 9.17) is 5.73 Å². The van der Waals surface area contributed by atoms with Gasteiger partial charge in [0.25, 0.3) is 0 Å². The molecule has 0 unspecified atom stereocenters. The quantitative estimate of drug-likeness (QED) is 0.617. The van der Waals surface area contributed by atoms with Crippen molar-refractivity contribution in [2.24, 2.45) is 11.1 Å². The molecule has 1 fully saturated rings. The summed E-state index contributed by atoms with van der Waals surface area (Å²) in [5.74, 6) is 0. The lowest BCUT2D eigenvalue weighted by atomic mass is 9.82. The minimum atomic E-state index is 0.472. The van der Waals surface area contributed by atoms with Crippen molar-refractivity contribution in [2.75, 3.05) is 6.54 Å². The highest BCUT2D eigenvalue weighted by Gasteiger charge is 2.29. The van der Waals surface area contributed by atoms with E-state index in [1.54, 1.807) is 0 Å². The lowest BCUT2D eigenvalue weighted by Gasteiger charge is -2.23. The minimum absolute atomic E-state index is 0.472. The van der Waals surface area contributed by atoms with Crippen molar-refractivity contribution in [3.63, 3.8) is 0 Å². The predicted octanol–water partition coefficient (Wildman–Crippen LogP) is 2.47. The van der Waals surface area contributed by atoms with E-state index >= 15 is 0 Å². The fraction of sp³-hybridized carbons (Fsp3) is 0.800. The largest absolute Gasteiger partial charge is 0.330 e. The summed E-state index contributed by atoms with van der Waals surface area (Å²) in [7, 11) is 0. The molecule has 0 aliphatic heterocycles. The second-order valence-corrected chi connectivity index (χ2v) is 3.67. The maximum Gasteiger partial charge on any atom is -0.00770 e. The van der Waals surface area contributed by atoms with Crippen molar-refractivity contribution in [2.45, 2.75) is 38.5 Å². The molecule has 1 rings (SSSR count). The van der Waals surface area contributed by atoms with Gasteiger partial charge in [0.05, 0.1) is 0 Å². The van der Waals surface area contributed by atoms with Gasteiger partial charge < -0.3 is 5.73 Å². The molecule has 1 aliphatic carbocycles. The van der Waals surface area contributed by atoms with Gasteiger partial charge in [-0.3, -0.25) is 0 Å². The Morgan fingerprint density at radius 3 is 2.45 bits per heavy atom. The molecular formula is C10H19N. The highest BCUT2D eigenvalue weighted by Crippen LogP contribution is 2.42. The van der Waals surface area contributed by atoms with Gasteiger partial charge in [-0.15, -0.1) is 6.58 Å². The van der Waals surface area contributed by atoms with Gasteiger partial charge in [-0.2, -0.15) is 0 Å². The molecular weight excluding hydrogens is 134 g/mol. The maximum atomic E-state index is 5.49. The molecule has 1 heteroatoms. The molecule has 0 aromatic heterocycles. The van der Waals surface area contributed by atoms with Crippen LogP contribution in [0.5, 0.6) is 0 Å². The van der Waals surface area contributed by atoms with E-state index in [1.165, 1.54) is 32.1 Å². The smallest absolute Gasteiger partial charge is 0.00770 e. The molecule has 0 spiro atoms. The highest BCUT2D eigenvalue weighted by molar-refractivity contribution is 4.97. The predicted molar refractivity (Wildman–Crippen MR) is 49.4 cm³/mol. The Morgan fingerprint density at radius 2 is 2.00 bits per heavy atom. The van der Waals surface area contributed by atoms with E-state index in [-0.39, 0.29) is 0 Å². The zero-order valence-corrected chi connectivity index (χ0v) is 7.31. The van der Waals surface area contributed by atoms with Crippen molar-refractivity contribution in [1.82, 2.24) is 0 Å². The summed E-state index contributed by atoms with van der Waals surface area (Å²) < 4.78 is 0. The lowest BCUT2D eigenvalue weighted by Crippen LogP contribution is -2.14. The molecule has 0 amide bonds. The van der Waals surface area contributed by atoms with Crippen LogP contribution in [-0.2, 0) is 0 Å². The van der Waals surface area contributed by atoms with Gasteiger partial charge in [0.1, 0.15) is 0 Å². The molecule has 2 N–H and O–H groups in total. The molecule has 0 heterocycles. The maximum absolute atomic E-state index is 5.49. The average Bonchev–Trinajstić information content (AvgIpc) is 2.50. The van der Waals surface area contributed by atoms with E-state index in [9.17, 15) is 0 Å². The standard InChI is InChI=1S/C10H19N/c1-2-10(8-5-9-11)6-3-4-7-10/h2H,1,3-9,11H2. The van der Waals surface area contributed by atoms with Crippen LogP contribution in [0.25, 0.3) is 0 Å². The van der Waals surface area contributed by atoms with Gasteiger partial charge in [-0.05, 0) is 37.6 Å². The van der Waals surface area contributed by atoms with Gasteiger partial charge in [-0.1, -0.05) is 18.9 Å². The highest BCUT2D eigenvalue weighted by atomic mass is 14.5. The lowest BCUT2D eigenvalue weighted by molar-refractivity contribution is 0.355. The van der Waals surface area contributed by atoms with E-state index in [2.05, 4.69) is 12.7 Å². The summed E-state index contributed by atoms with van der Waals surface area (Å²) in [4.78, 5) is 0.